The molecule has 4 rings (SSSR count). The molecule has 0 bridgehead atoms. The smallest absolute Gasteiger partial charge is 0.165 e. The van der Waals surface area contributed by atoms with Gasteiger partial charge in [-0.05, 0) is 30.5 Å². The van der Waals surface area contributed by atoms with E-state index in [0.717, 1.165) is 17.5 Å². The van der Waals surface area contributed by atoms with E-state index in [1.165, 1.54) is 18.2 Å². The normalized spacial score (nSPS) is 12.8. The predicted molar refractivity (Wildman–Crippen MR) is 82.0 cm³/mol. The van der Waals surface area contributed by atoms with Crippen LogP contribution in [0.15, 0.2) is 30.6 Å². The molecule has 0 saturated carbocycles. The van der Waals surface area contributed by atoms with E-state index in [-0.39, 0.29) is 17.9 Å². The first-order valence-corrected chi connectivity index (χ1v) is 7.60. The van der Waals surface area contributed by atoms with E-state index in [9.17, 15) is 13.2 Å². The molecule has 0 unspecified atom stereocenters. The molecule has 1 aliphatic carbocycles. The van der Waals surface area contributed by atoms with Crippen LogP contribution in [0.4, 0.5) is 13.2 Å². The lowest BCUT2D eigenvalue weighted by Crippen LogP contribution is -2.12. The Hall–Kier alpha value is -2.70. The van der Waals surface area contributed by atoms with E-state index in [2.05, 4.69) is 15.1 Å². The topological polar surface area (TPSA) is 43.6 Å². The van der Waals surface area contributed by atoms with Crippen molar-refractivity contribution in [1.29, 1.82) is 0 Å². The average molecular weight is 330 g/mol. The standard InChI is InChI=1S/C17H13F3N4/c18-6-7-24-16-11(9-22-24)5-4-10-8-21-17(23-15(10)16)14-12(19)2-1-3-13(14)20/h1-3,8-9H,4-7H2. The predicted octanol–water partition coefficient (Wildman–Crippen LogP) is 3.35. The lowest BCUT2D eigenvalue weighted by Gasteiger charge is -2.17. The summed E-state index contributed by atoms with van der Waals surface area (Å²) in [6.07, 6.45) is 4.74. The molecule has 0 fully saturated rings. The number of nitrogens with zero attached hydrogens (tertiary/aromatic N) is 4. The van der Waals surface area contributed by atoms with Gasteiger partial charge in [0, 0.05) is 11.8 Å². The quantitative estimate of drug-likeness (QED) is 0.740. The highest BCUT2D eigenvalue weighted by atomic mass is 19.1. The zero-order valence-corrected chi connectivity index (χ0v) is 12.6. The van der Waals surface area contributed by atoms with Crippen LogP contribution in [0.2, 0.25) is 0 Å². The molecule has 0 saturated heterocycles. The van der Waals surface area contributed by atoms with E-state index < -0.39 is 18.3 Å². The van der Waals surface area contributed by atoms with Crippen molar-refractivity contribution >= 4 is 0 Å². The summed E-state index contributed by atoms with van der Waals surface area (Å²) in [6, 6.07) is 3.63. The summed E-state index contributed by atoms with van der Waals surface area (Å²) in [7, 11) is 0. The molecule has 0 spiro atoms. The summed E-state index contributed by atoms with van der Waals surface area (Å²) in [5, 5.41) is 4.19. The van der Waals surface area contributed by atoms with Crippen LogP contribution in [-0.4, -0.2) is 26.4 Å². The van der Waals surface area contributed by atoms with Crippen LogP contribution >= 0.6 is 0 Å². The molecule has 1 aliphatic rings. The molecule has 0 atom stereocenters. The van der Waals surface area contributed by atoms with Gasteiger partial charge in [0.1, 0.15) is 18.3 Å². The summed E-state index contributed by atoms with van der Waals surface area (Å²) >= 11 is 0. The van der Waals surface area contributed by atoms with Gasteiger partial charge in [0.05, 0.1) is 29.7 Å². The monoisotopic (exact) mass is 330 g/mol. The number of fused-ring (bicyclic) bond motifs is 3. The zero-order chi connectivity index (χ0) is 16.7. The van der Waals surface area contributed by atoms with Crippen molar-refractivity contribution in [3.05, 3.63) is 53.4 Å². The fraction of sp³-hybridized carbons (Fsp3) is 0.235. The van der Waals surface area contributed by atoms with Crippen LogP contribution in [-0.2, 0) is 19.4 Å². The molecule has 0 amide bonds. The number of hydrogen-bond acceptors (Lipinski definition) is 3. The molecule has 0 radical (unpaired) electrons. The summed E-state index contributed by atoms with van der Waals surface area (Å²) in [4.78, 5) is 8.51. The molecule has 0 N–H and O–H groups in total. The minimum Gasteiger partial charge on any atom is -0.260 e. The number of aryl methyl sites for hydroxylation is 3. The number of alkyl halides is 1. The van der Waals surface area contributed by atoms with E-state index in [1.54, 1.807) is 17.1 Å². The van der Waals surface area contributed by atoms with E-state index in [0.29, 0.717) is 17.8 Å². The molecule has 0 aliphatic heterocycles. The van der Waals surface area contributed by atoms with Crippen molar-refractivity contribution in [3.8, 4) is 22.8 Å². The van der Waals surface area contributed by atoms with Crippen LogP contribution in [0, 0.1) is 11.6 Å². The highest BCUT2D eigenvalue weighted by molar-refractivity contribution is 5.68. The number of hydrogen-bond donors (Lipinski definition) is 0. The highest BCUT2D eigenvalue weighted by Gasteiger charge is 2.24. The number of rotatable bonds is 3. The van der Waals surface area contributed by atoms with E-state index in [4.69, 9.17) is 0 Å². The van der Waals surface area contributed by atoms with Gasteiger partial charge in [-0.15, -0.1) is 0 Å². The minimum absolute atomic E-state index is 0.0230. The summed E-state index contributed by atoms with van der Waals surface area (Å²) in [5.41, 5.74) is 2.83. The van der Waals surface area contributed by atoms with Gasteiger partial charge in [0.25, 0.3) is 0 Å². The Kier molecular flexibility index (Phi) is 3.55. The van der Waals surface area contributed by atoms with Crippen LogP contribution in [0.1, 0.15) is 11.1 Å². The molecular weight excluding hydrogens is 317 g/mol. The van der Waals surface area contributed by atoms with Gasteiger partial charge in [-0.3, -0.25) is 4.68 Å². The van der Waals surface area contributed by atoms with E-state index in [1.807, 2.05) is 0 Å². The van der Waals surface area contributed by atoms with Gasteiger partial charge in [-0.1, -0.05) is 6.07 Å². The Morgan fingerprint density at radius 2 is 1.79 bits per heavy atom. The Bertz CT molecular complexity index is 900. The van der Waals surface area contributed by atoms with Crippen LogP contribution in [0.25, 0.3) is 22.8 Å². The van der Waals surface area contributed by atoms with Crippen molar-refractivity contribution in [3.63, 3.8) is 0 Å². The second-order valence-electron chi connectivity index (χ2n) is 5.59. The SMILES string of the molecule is FCCn1ncc2c1-c1nc(-c3c(F)cccc3F)ncc1CC2. The van der Waals surface area contributed by atoms with Crippen molar-refractivity contribution < 1.29 is 13.2 Å². The van der Waals surface area contributed by atoms with Gasteiger partial charge in [0.15, 0.2) is 5.82 Å². The minimum atomic E-state index is -0.719. The Labute approximate surface area is 136 Å². The van der Waals surface area contributed by atoms with E-state index >= 15 is 0 Å². The van der Waals surface area contributed by atoms with Gasteiger partial charge < -0.3 is 0 Å². The van der Waals surface area contributed by atoms with Crippen molar-refractivity contribution in [2.75, 3.05) is 6.67 Å². The van der Waals surface area contributed by atoms with Crippen molar-refractivity contribution in [2.45, 2.75) is 19.4 Å². The summed E-state index contributed by atoms with van der Waals surface area (Å²) in [6.45, 7) is -0.439. The zero-order valence-electron chi connectivity index (χ0n) is 12.6. The maximum atomic E-state index is 14.0. The van der Waals surface area contributed by atoms with Gasteiger partial charge >= 0.3 is 0 Å². The van der Waals surface area contributed by atoms with Crippen LogP contribution in [0.5, 0.6) is 0 Å². The van der Waals surface area contributed by atoms with Gasteiger partial charge in [-0.25, -0.2) is 23.1 Å². The molecule has 24 heavy (non-hydrogen) atoms. The van der Waals surface area contributed by atoms with Crippen LogP contribution in [0.3, 0.4) is 0 Å². The second kappa shape index (κ2) is 5.74. The number of aromatic nitrogens is 4. The first kappa shape index (κ1) is 14.9. The molecule has 1 aromatic carbocycles. The molecule has 3 aromatic rings. The number of benzene rings is 1. The molecule has 4 nitrogen and oxygen atoms in total. The third-order valence-electron chi connectivity index (χ3n) is 4.15. The Morgan fingerprint density at radius 1 is 1.04 bits per heavy atom. The Balaban J connectivity index is 1.90. The molecule has 7 heteroatoms. The van der Waals surface area contributed by atoms with Gasteiger partial charge in [0.2, 0.25) is 0 Å². The fourth-order valence-corrected chi connectivity index (χ4v) is 3.03. The Morgan fingerprint density at radius 3 is 2.54 bits per heavy atom. The third-order valence-corrected chi connectivity index (χ3v) is 4.15. The molecule has 122 valence electrons. The lowest BCUT2D eigenvalue weighted by atomic mass is 9.95. The average Bonchev–Trinajstić information content (AvgIpc) is 2.98. The van der Waals surface area contributed by atoms with Crippen LogP contribution < -0.4 is 0 Å². The second-order valence-corrected chi connectivity index (χ2v) is 5.59. The van der Waals surface area contributed by atoms with Crippen molar-refractivity contribution in [2.24, 2.45) is 0 Å². The lowest BCUT2D eigenvalue weighted by molar-refractivity contribution is 0.429. The first-order chi connectivity index (χ1) is 11.7. The molecule has 2 aromatic heterocycles. The van der Waals surface area contributed by atoms with Gasteiger partial charge in [-0.2, -0.15) is 5.10 Å². The fourth-order valence-electron chi connectivity index (χ4n) is 3.03. The van der Waals surface area contributed by atoms with Crippen molar-refractivity contribution in [1.82, 2.24) is 19.7 Å². The largest absolute Gasteiger partial charge is 0.260 e. The maximum Gasteiger partial charge on any atom is 0.165 e. The maximum absolute atomic E-state index is 14.0. The molecular formula is C17H13F3N4. The third kappa shape index (κ3) is 2.28. The highest BCUT2D eigenvalue weighted by Crippen LogP contribution is 2.33. The summed E-state index contributed by atoms with van der Waals surface area (Å²) < 4.78 is 42.3. The number of halogens is 3. The first-order valence-electron chi connectivity index (χ1n) is 7.60. The molecule has 2 heterocycles. The summed E-state index contributed by atoms with van der Waals surface area (Å²) in [5.74, 6) is -1.46.